The lowest BCUT2D eigenvalue weighted by molar-refractivity contribution is 1.13. The van der Waals surface area contributed by atoms with Crippen LogP contribution in [0.2, 0.25) is 0 Å². The lowest BCUT2D eigenvalue weighted by atomic mass is 9.97. The number of hydrogen-bond donors (Lipinski definition) is 0. The van der Waals surface area contributed by atoms with Crippen LogP contribution in [0.4, 0.5) is 0 Å². The first-order chi connectivity index (χ1) is 31.6. The van der Waals surface area contributed by atoms with Gasteiger partial charge in [0.15, 0.2) is 11.6 Å². The molecule has 11 aromatic rings. The van der Waals surface area contributed by atoms with Gasteiger partial charge < -0.3 is 4.57 Å². The van der Waals surface area contributed by atoms with E-state index in [2.05, 4.69) is 121 Å². The van der Waals surface area contributed by atoms with Crippen molar-refractivity contribution < 1.29 is 0 Å². The van der Waals surface area contributed by atoms with Gasteiger partial charge in [-0.05, 0) is 54.4 Å². The van der Waals surface area contributed by atoms with Crippen molar-refractivity contribution in [2.45, 2.75) is 6.92 Å². The highest BCUT2D eigenvalue weighted by Gasteiger charge is 2.25. The minimum absolute atomic E-state index is 0.450. The number of aryl methyl sites for hydroxylation is 1. The Morgan fingerprint density at radius 1 is 0.375 bits per heavy atom. The van der Waals surface area contributed by atoms with Crippen LogP contribution in [0, 0.1) is 18.3 Å². The van der Waals surface area contributed by atoms with Gasteiger partial charge >= 0.3 is 0 Å². The largest absolute Gasteiger partial charge is 0.308 e. The van der Waals surface area contributed by atoms with Gasteiger partial charge in [-0.15, -0.1) is 0 Å². The zero-order valence-corrected chi connectivity index (χ0v) is 34.9. The second-order valence-corrected chi connectivity index (χ2v) is 15.9. The molecule has 0 unspecified atom stereocenters. The molecule has 3 aromatic heterocycles. The van der Waals surface area contributed by atoms with Crippen LogP contribution >= 0.6 is 0 Å². The zero-order chi connectivity index (χ0) is 43.0. The monoisotopic (exact) mass is 818 g/mol. The molecule has 64 heavy (non-hydrogen) atoms. The number of fused-ring (bicyclic) bond motifs is 3. The summed E-state index contributed by atoms with van der Waals surface area (Å²) in [5.74, 6) is 1.05. The van der Waals surface area contributed by atoms with Crippen molar-refractivity contribution in [1.29, 1.82) is 5.26 Å². The Balaban J connectivity index is 1.29. The Kier molecular flexibility index (Phi) is 9.68. The Bertz CT molecular complexity index is 3280. The highest BCUT2D eigenvalue weighted by Crippen LogP contribution is 2.43. The van der Waals surface area contributed by atoms with Gasteiger partial charge in [-0.3, -0.25) is 0 Å². The van der Waals surface area contributed by atoms with Crippen molar-refractivity contribution in [3.05, 3.63) is 223 Å². The highest BCUT2D eigenvalue weighted by molar-refractivity contribution is 6.11. The van der Waals surface area contributed by atoms with Crippen molar-refractivity contribution in [3.8, 4) is 90.7 Å². The summed E-state index contributed by atoms with van der Waals surface area (Å²) < 4.78 is 2.32. The molecule has 0 N–H and O–H groups in total. The fraction of sp³-hybridized carbons (Fsp3) is 0.0172. The molecule has 0 saturated heterocycles. The molecule has 8 aromatic carbocycles. The van der Waals surface area contributed by atoms with Gasteiger partial charge in [-0.1, -0.05) is 181 Å². The molecular weight excluding hydrogens is 781 g/mol. The van der Waals surface area contributed by atoms with E-state index < -0.39 is 0 Å². The van der Waals surface area contributed by atoms with Gasteiger partial charge in [-0.2, -0.15) is 5.26 Å². The molecule has 0 aliphatic rings. The molecule has 0 aliphatic carbocycles. The van der Waals surface area contributed by atoms with Crippen molar-refractivity contribution >= 4 is 21.8 Å². The van der Waals surface area contributed by atoms with Crippen molar-refractivity contribution in [1.82, 2.24) is 24.5 Å². The maximum Gasteiger partial charge on any atom is 0.162 e. The second-order valence-electron chi connectivity index (χ2n) is 15.9. The van der Waals surface area contributed by atoms with Gasteiger partial charge in [0.1, 0.15) is 0 Å². The summed E-state index contributed by atoms with van der Waals surface area (Å²) in [6.07, 6.45) is 0. The first-order valence-electron chi connectivity index (χ1n) is 21.3. The Morgan fingerprint density at radius 3 is 1.44 bits per heavy atom. The average Bonchev–Trinajstić information content (AvgIpc) is 3.70. The van der Waals surface area contributed by atoms with Crippen LogP contribution in [0.5, 0.6) is 0 Å². The summed E-state index contributed by atoms with van der Waals surface area (Å²) in [4.78, 5) is 21.3. The molecule has 0 spiro atoms. The molecule has 0 aliphatic heterocycles. The summed E-state index contributed by atoms with van der Waals surface area (Å²) in [5, 5.41) is 13.1. The smallest absolute Gasteiger partial charge is 0.162 e. The van der Waals surface area contributed by atoms with Gasteiger partial charge in [0.25, 0.3) is 0 Å². The molecule has 6 nitrogen and oxygen atoms in total. The molecule has 0 amide bonds. The molecule has 6 heteroatoms. The summed E-state index contributed by atoms with van der Waals surface area (Å²) >= 11 is 0. The standard InChI is InChI=1S/C58H38N6/c1-38-26-28-40(29-27-38)45-30-31-47-46-24-14-15-25-54(46)64(55(47)34-45)56-48(53-36-52(43-20-10-4-11-21-43)60-57(63-53)44-22-12-5-13-23-44)32-39(37-59)33-49(56)58-61-50(41-16-6-2-7-17-41)35-51(62-58)42-18-8-3-9-19-42/h2-36H,1H3. The Hall–Kier alpha value is -8.79. The molecule has 0 atom stereocenters. The van der Waals surface area contributed by atoms with E-state index in [0.29, 0.717) is 28.5 Å². The number of benzene rings is 8. The molecule has 300 valence electrons. The number of rotatable bonds is 8. The Labute approximate surface area is 371 Å². The molecule has 0 fully saturated rings. The van der Waals surface area contributed by atoms with E-state index in [4.69, 9.17) is 19.9 Å². The minimum Gasteiger partial charge on any atom is -0.308 e. The van der Waals surface area contributed by atoms with E-state index in [1.165, 1.54) is 5.56 Å². The van der Waals surface area contributed by atoms with E-state index in [1.807, 2.05) is 109 Å². The second kappa shape index (κ2) is 16.2. The zero-order valence-electron chi connectivity index (χ0n) is 34.9. The van der Waals surface area contributed by atoms with E-state index in [-0.39, 0.29) is 0 Å². The molecule has 0 saturated carbocycles. The van der Waals surface area contributed by atoms with Gasteiger partial charge in [0.2, 0.25) is 0 Å². The molecule has 0 bridgehead atoms. The molecular formula is C58H38N6. The predicted octanol–water partition coefficient (Wildman–Crippen LogP) is 14.2. The lowest BCUT2D eigenvalue weighted by Crippen LogP contribution is -2.06. The third kappa shape index (κ3) is 7.07. The van der Waals surface area contributed by atoms with Crippen LogP contribution in [-0.2, 0) is 0 Å². The maximum absolute atomic E-state index is 10.9. The van der Waals surface area contributed by atoms with E-state index in [9.17, 15) is 5.26 Å². The third-order valence-corrected chi connectivity index (χ3v) is 11.7. The summed E-state index contributed by atoms with van der Waals surface area (Å²) in [6.45, 7) is 2.11. The predicted molar refractivity (Wildman–Crippen MR) is 259 cm³/mol. The highest BCUT2D eigenvalue weighted by atomic mass is 15.0. The number of nitriles is 1. The summed E-state index contributed by atoms with van der Waals surface area (Å²) in [6, 6.07) is 74.9. The quantitative estimate of drug-likeness (QED) is 0.153. The van der Waals surface area contributed by atoms with Gasteiger partial charge in [0.05, 0.1) is 51.1 Å². The van der Waals surface area contributed by atoms with Crippen LogP contribution in [-0.4, -0.2) is 24.5 Å². The van der Waals surface area contributed by atoms with Crippen LogP contribution in [0.25, 0.3) is 106 Å². The fourth-order valence-corrected chi connectivity index (χ4v) is 8.58. The molecule has 11 rings (SSSR count). The van der Waals surface area contributed by atoms with Crippen LogP contribution in [0.15, 0.2) is 212 Å². The first-order valence-corrected chi connectivity index (χ1v) is 21.3. The number of nitrogens with zero attached hydrogens (tertiary/aromatic N) is 6. The van der Waals surface area contributed by atoms with Gasteiger partial charge in [-0.25, -0.2) is 19.9 Å². The van der Waals surface area contributed by atoms with E-state index in [1.54, 1.807) is 0 Å². The van der Waals surface area contributed by atoms with E-state index >= 15 is 0 Å². The lowest BCUT2D eigenvalue weighted by Gasteiger charge is -2.20. The third-order valence-electron chi connectivity index (χ3n) is 11.7. The SMILES string of the molecule is Cc1ccc(-c2ccc3c4ccccc4n(-c4c(-c5cc(-c6ccccc6)nc(-c6ccccc6)n5)cc(C#N)cc4-c4nc(-c5ccccc5)cc(-c5ccccc5)n4)c3c2)cc1. The van der Waals surface area contributed by atoms with Crippen molar-refractivity contribution in [2.24, 2.45) is 0 Å². The molecule has 0 radical (unpaired) electrons. The maximum atomic E-state index is 10.9. The normalized spacial score (nSPS) is 11.2. The fourth-order valence-electron chi connectivity index (χ4n) is 8.58. The van der Waals surface area contributed by atoms with Crippen molar-refractivity contribution in [3.63, 3.8) is 0 Å². The first kappa shape index (κ1) is 38.2. The minimum atomic E-state index is 0.450. The Morgan fingerprint density at radius 2 is 0.844 bits per heavy atom. The van der Waals surface area contributed by atoms with Crippen molar-refractivity contribution in [2.75, 3.05) is 0 Å². The number of aromatic nitrogens is 5. The topological polar surface area (TPSA) is 80.3 Å². The average molecular weight is 819 g/mol. The summed E-state index contributed by atoms with van der Waals surface area (Å²) in [7, 11) is 0. The number of hydrogen-bond acceptors (Lipinski definition) is 5. The van der Waals surface area contributed by atoms with Crippen LogP contribution in [0.1, 0.15) is 11.1 Å². The van der Waals surface area contributed by atoms with Crippen LogP contribution < -0.4 is 0 Å². The number of para-hydroxylation sites is 1. The molecule has 3 heterocycles. The van der Waals surface area contributed by atoms with Crippen LogP contribution in [0.3, 0.4) is 0 Å². The summed E-state index contributed by atoms with van der Waals surface area (Å²) in [5.41, 5.74) is 14.8. The van der Waals surface area contributed by atoms with Gasteiger partial charge in [0, 0.05) is 44.2 Å². The van der Waals surface area contributed by atoms with E-state index in [0.717, 1.165) is 83.5 Å².